The zero-order chi connectivity index (χ0) is 23.9. The highest BCUT2D eigenvalue weighted by Gasteiger charge is 2.28. The third-order valence-corrected chi connectivity index (χ3v) is 7.09. The van der Waals surface area contributed by atoms with Gasteiger partial charge < -0.3 is 29.4 Å². The molecule has 1 aromatic carbocycles. The quantitative estimate of drug-likeness (QED) is 0.444. The first kappa shape index (κ1) is 21.4. The fraction of sp³-hybridized carbons (Fsp3) is 0.346. The van der Waals surface area contributed by atoms with E-state index in [2.05, 4.69) is 49.7 Å². The number of pyridine rings is 1. The van der Waals surface area contributed by atoms with E-state index in [1.165, 1.54) is 5.69 Å². The van der Waals surface area contributed by atoms with E-state index >= 15 is 0 Å². The van der Waals surface area contributed by atoms with Crippen molar-refractivity contribution in [1.82, 2.24) is 24.3 Å². The average molecular weight is 485 g/mol. The maximum atomic E-state index is 5.67. The summed E-state index contributed by atoms with van der Waals surface area (Å²) in [6, 6.07) is 13.0. The molecule has 0 atom stereocenters. The summed E-state index contributed by atoms with van der Waals surface area (Å²) in [6.07, 6.45) is 5.65. The number of hydrogen-bond acceptors (Lipinski definition) is 9. The highest BCUT2D eigenvalue weighted by Crippen LogP contribution is 2.30. The lowest BCUT2D eigenvalue weighted by molar-refractivity contribution is -0.0660. The second-order valence-corrected chi connectivity index (χ2v) is 9.34. The SMILES string of the molecule is c1cn2cc(-c3ccc4c(n3)NCCO4)nc(Nc3ccc(N4CCN(C5COC5)CC4)cc3)c2n1. The molecule has 0 unspecified atom stereocenters. The number of aromatic nitrogens is 4. The Bertz CT molecular complexity index is 1380. The van der Waals surface area contributed by atoms with Gasteiger partial charge in [0.15, 0.2) is 23.0 Å². The topological polar surface area (TPSA) is 92.1 Å². The minimum atomic E-state index is 0.614. The number of nitrogens with zero attached hydrogens (tertiary/aromatic N) is 6. The van der Waals surface area contributed by atoms with Crippen LogP contribution in [0, 0.1) is 0 Å². The van der Waals surface area contributed by atoms with Gasteiger partial charge in [-0.15, -0.1) is 0 Å². The Kier molecular flexibility index (Phi) is 5.32. The van der Waals surface area contributed by atoms with Gasteiger partial charge in [-0.3, -0.25) is 4.90 Å². The van der Waals surface area contributed by atoms with E-state index in [0.717, 1.165) is 80.2 Å². The van der Waals surface area contributed by atoms with E-state index in [1.807, 2.05) is 28.9 Å². The van der Waals surface area contributed by atoms with E-state index in [4.69, 9.17) is 19.4 Å². The molecule has 184 valence electrons. The van der Waals surface area contributed by atoms with E-state index in [9.17, 15) is 0 Å². The van der Waals surface area contributed by atoms with Crippen molar-refractivity contribution in [1.29, 1.82) is 0 Å². The van der Waals surface area contributed by atoms with E-state index < -0.39 is 0 Å². The number of anilines is 4. The number of benzene rings is 1. The number of piperazine rings is 1. The van der Waals surface area contributed by atoms with Gasteiger partial charge in [-0.2, -0.15) is 0 Å². The van der Waals surface area contributed by atoms with Gasteiger partial charge in [0, 0.05) is 56.1 Å². The summed E-state index contributed by atoms with van der Waals surface area (Å²) in [5.74, 6) is 2.20. The lowest BCUT2D eigenvalue weighted by Crippen LogP contribution is -2.56. The maximum Gasteiger partial charge on any atom is 0.180 e. The Labute approximate surface area is 208 Å². The van der Waals surface area contributed by atoms with Crippen LogP contribution in [0.5, 0.6) is 5.75 Å². The fourth-order valence-electron chi connectivity index (χ4n) is 4.97. The summed E-state index contributed by atoms with van der Waals surface area (Å²) in [7, 11) is 0. The van der Waals surface area contributed by atoms with Crippen molar-refractivity contribution in [2.75, 3.05) is 68.1 Å². The Morgan fingerprint density at radius 1 is 0.944 bits per heavy atom. The Balaban J connectivity index is 1.11. The predicted molar refractivity (Wildman–Crippen MR) is 138 cm³/mol. The van der Waals surface area contributed by atoms with Crippen LogP contribution in [-0.2, 0) is 4.74 Å². The van der Waals surface area contributed by atoms with E-state index in [-0.39, 0.29) is 0 Å². The van der Waals surface area contributed by atoms with Crippen molar-refractivity contribution in [2.24, 2.45) is 0 Å². The van der Waals surface area contributed by atoms with Gasteiger partial charge in [-0.1, -0.05) is 0 Å². The van der Waals surface area contributed by atoms with Crippen LogP contribution >= 0.6 is 0 Å². The molecule has 4 aromatic rings. The molecule has 6 heterocycles. The van der Waals surface area contributed by atoms with Crippen molar-refractivity contribution in [3.63, 3.8) is 0 Å². The largest absolute Gasteiger partial charge is 0.488 e. The lowest BCUT2D eigenvalue weighted by Gasteiger charge is -2.43. The highest BCUT2D eigenvalue weighted by molar-refractivity contribution is 5.74. The number of ether oxygens (including phenoxy) is 2. The number of rotatable bonds is 5. The minimum Gasteiger partial charge on any atom is -0.488 e. The monoisotopic (exact) mass is 484 g/mol. The van der Waals surface area contributed by atoms with Crippen LogP contribution in [0.3, 0.4) is 0 Å². The molecule has 3 aromatic heterocycles. The van der Waals surface area contributed by atoms with Crippen molar-refractivity contribution < 1.29 is 9.47 Å². The van der Waals surface area contributed by atoms with Crippen molar-refractivity contribution in [2.45, 2.75) is 6.04 Å². The molecule has 10 nitrogen and oxygen atoms in total. The molecule has 36 heavy (non-hydrogen) atoms. The molecular formula is C26H28N8O2. The second kappa shape index (κ2) is 8.96. The van der Waals surface area contributed by atoms with Gasteiger partial charge in [0.2, 0.25) is 0 Å². The summed E-state index contributed by atoms with van der Waals surface area (Å²) in [5, 5.41) is 6.76. The Morgan fingerprint density at radius 3 is 2.61 bits per heavy atom. The molecule has 0 spiro atoms. The van der Waals surface area contributed by atoms with Gasteiger partial charge in [0.05, 0.1) is 31.5 Å². The third-order valence-electron chi connectivity index (χ3n) is 7.09. The molecule has 0 aliphatic carbocycles. The van der Waals surface area contributed by atoms with Crippen LogP contribution in [0.25, 0.3) is 17.0 Å². The molecule has 3 aliphatic heterocycles. The van der Waals surface area contributed by atoms with Crippen LogP contribution < -0.4 is 20.3 Å². The molecule has 10 heteroatoms. The molecule has 0 saturated carbocycles. The van der Waals surface area contributed by atoms with Crippen molar-refractivity contribution in [3.8, 4) is 17.1 Å². The molecule has 0 bridgehead atoms. The number of imidazole rings is 1. The number of hydrogen-bond donors (Lipinski definition) is 2. The summed E-state index contributed by atoms with van der Waals surface area (Å²) in [6.45, 7) is 7.39. The predicted octanol–water partition coefficient (Wildman–Crippen LogP) is 2.86. The number of fused-ring (bicyclic) bond motifs is 2. The van der Waals surface area contributed by atoms with Gasteiger partial charge in [0.25, 0.3) is 0 Å². The second-order valence-electron chi connectivity index (χ2n) is 9.34. The first-order chi connectivity index (χ1) is 17.8. The highest BCUT2D eigenvalue weighted by atomic mass is 16.5. The maximum absolute atomic E-state index is 5.67. The molecule has 0 amide bonds. The lowest BCUT2D eigenvalue weighted by atomic mass is 10.1. The Morgan fingerprint density at radius 2 is 1.81 bits per heavy atom. The zero-order valence-corrected chi connectivity index (χ0v) is 19.9. The smallest absolute Gasteiger partial charge is 0.180 e. The van der Waals surface area contributed by atoms with Gasteiger partial charge >= 0.3 is 0 Å². The molecule has 2 N–H and O–H groups in total. The van der Waals surface area contributed by atoms with Crippen LogP contribution in [0.15, 0.2) is 55.0 Å². The van der Waals surface area contributed by atoms with Crippen LogP contribution in [0.2, 0.25) is 0 Å². The van der Waals surface area contributed by atoms with Crippen molar-refractivity contribution >= 4 is 28.7 Å². The number of nitrogens with one attached hydrogen (secondary N) is 2. The molecule has 7 rings (SSSR count). The molecule has 0 radical (unpaired) electrons. The standard InChI is InChI=1S/C26H28N8O2/c1-3-19(32-10-12-33(13-11-32)20-16-35-17-20)4-2-18(1)29-25-26-28-7-9-34(26)15-22(31-25)21-5-6-23-24(30-21)27-8-14-36-23/h1-7,9,15,20H,8,10-14,16-17H2,(H,27,30)(H,29,31). The molecule has 2 saturated heterocycles. The molecular weight excluding hydrogens is 456 g/mol. The van der Waals surface area contributed by atoms with Crippen molar-refractivity contribution in [3.05, 3.63) is 55.0 Å². The van der Waals surface area contributed by atoms with E-state index in [0.29, 0.717) is 18.5 Å². The normalized spacial score (nSPS) is 18.3. The average Bonchev–Trinajstić information content (AvgIpc) is 3.38. The van der Waals surface area contributed by atoms with Crippen LogP contribution in [-0.4, -0.2) is 82.8 Å². The third kappa shape index (κ3) is 3.98. The van der Waals surface area contributed by atoms with Gasteiger partial charge in [-0.25, -0.2) is 15.0 Å². The van der Waals surface area contributed by atoms with Crippen LogP contribution in [0.1, 0.15) is 0 Å². The Hall–Kier alpha value is -3.89. The first-order valence-corrected chi connectivity index (χ1v) is 12.5. The van der Waals surface area contributed by atoms with E-state index in [1.54, 1.807) is 6.20 Å². The van der Waals surface area contributed by atoms with Gasteiger partial charge in [0.1, 0.15) is 12.3 Å². The summed E-state index contributed by atoms with van der Waals surface area (Å²) >= 11 is 0. The zero-order valence-electron chi connectivity index (χ0n) is 19.9. The summed E-state index contributed by atoms with van der Waals surface area (Å²) in [4.78, 5) is 19.1. The first-order valence-electron chi connectivity index (χ1n) is 12.5. The van der Waals surface area contributed by atoms with Crippen LogP contribution in [0.4, 0.5) is 23.0 Å². The summed E-state index contributed by atoms with van der Waals surface area (Å²) < 4.78 is 13.0. The summed E-state index contributed by atoms with van der Waals surface area (Å²) in [5.41, 5.74) is 4.49. The fourth-order valence-corrected chi connectivity index (χ4v) is 4.97. The van der Waals surface area contributed by atoms with Gasteiger partial charge in [-0.05, 0) is 36.4 Å². The molecule has 3 aliphatic rings. The molecule has 2 fully saturated rings. The minimum absolute atomic E-state index is 0.614.